The van der Waals surface area contributed by atoms with Gasteiger partial charge in [0.15, 0.2) is 15.7 Å². The fraction of sp³-hybridized carbons (Fsp3) is 0.263. The van der Waals surface area contributed by atoms with Crippen molar-refractivity contribution >= 4 is 44.8 Å². The van der Waals surface area contributed by atoms with Crippen molar-refractivity contribution in [3.05, 3.63) is 120 Å². The number of para-hydroxylation sites is 2. The minimum atomic E-state index is -3.43. The lowest BCUT2D eigenvalue weighted by atomic mass is 10.1. The Bertz CT molecular complexity index is 1900. The molecule has 1 atom stereocenters. The van der Waals surface area contributed by atoms with Crippen LogP contribution in [0.2, 0.25) is 0 Å². The molecule has 0 radical (unpaired) electrons. The third kappa shape index (κ3) is 10.2. The monoisotopic (exact) mass is 712 g/mol. The highest BCUT2D eigenvalue weighted by atomic mass is 32.2. The average Bonchev–Trinajstić information content (AvgIpc) is 3.37. The van der Waals surface area contributed by atoms with E-state index in [0.29, 0.717) is 17.1 Å². The molecule has 0 spiro atoms. The van der Waals surface area contributed by atoms with Crippen LogP contribution in [-0.2, 0) is 19.4 Å². The number of sulfone groups is 1. The second-order valence-electron chi connectivity index (χ2n) is 11.6. The Balaban J connectivity index is 0.00000109. The number of nitrogens with one attached hydrogen (secondary N) is 4. The quantitative estimate of drug-likeness (QED) is 0.113. The summed E-state index contributed by atoms with van der Waals surface area (Å²) in [7, 11) is -3.43. The summed E-state index contributed by atoms with van der Waals surface area (Å²) in [5, 5.41) is 17.1. The first-order valence-corrected chi connectivity index (χ1v) is 18.3. The van der Waals surface area contributed by atoms with E-state index in [2.05, 4.69) is 40.2 Å². The number of rotatable bonds is 13. The molecule has 268 valence electrons. The molecule has 0 bridgehead atoms. The van der Waals surface area contributed by atoms with Crippen molar-refractivity contribution in [1.29, 1.82) is 0 Å². The Morgan fingerprint density at radius 1 is 0.843 bits per heavy atom. The lowest BCUT2D eigenvalue weighted by molar-refractivity contribution is -0.127. The number of ether oxygens (including phenoxy) is 1. The van der Waals surface area contributed by atoms with Gasteiger partial charge in [0.1, 0.15) is 5.75 Å². The summed E-state index contributed by atoms with van der Waals surface area (Å²) in [6.07, 6.45) is 0.282. The van der Waals surface area contributed by atoms with Gasteiger partial charge in [-0.2, -0.15) is 5.01 Å². The zero-order valence-corrected chi connectivity index (χ0v) is 30.0. The average molecular weight is 713 g/mol. The van der Waals surface area contributed by atoms with Crippen molar-refractivity contribution in [2.75, 3.05) is 35.8 Å². The molecular weight excluding hydrogens is 669 g/mol. The van der Waals surface area contributed by atoms with Crippen molar-refractivity contribution < 1.29 is 27.5 Å². The normalized spacial score (nSPS) is 15.3. The van der Waals surface area contributed by atoms with Gasteiger partial charge in [0, 0.05) is 18.2 Å². The van der Waals surface area contributed by atoms with Crippen LogP contribution >= 0.6 is 0 Å². The van der Waals surface area contributed by atoms with E-state index in [9.17, 15) is 22.8 Å². The molecular formula is C38H44N6O6S. The summed E-state index contributed by atoms with van der Waals surface area (Å²) in [5.41, 5.74) is 0.248. The number of nitrogens with zero attached hydrogens (tertiary/aromatic N) is 2. The molecule has 4 N–H and O–H groups in total. The molecule has 0 aliphatic carbocycles. The van der Waals surface area contributed by atoms with Crippen LogP contribution < -0.4 is 31.0 Å². The number of hydrazone groups is 1. The molecule has 1 heterocycles. The van der Waals surface area contributed by atoms with E-state index < -0.39 is 33.2 Å². The van der Waals surface area contributed by atoms with Crippen molar-refractivity contribution in [3.8, 4) is 5.75 Å². The van der Waals surface area contributed by atoms with Gasteiger partial charge in [-0.1, -0.05) is 67.9 Å². The third-order valence-electron chi connectivity index (χ3n) is 7.59. The molecule has 3 amide bonds. The molecule has 1 unspecified atom stereocenters. The lowest BCUT2D eigenvalue weighted by Crippen LogP contribution is -2.67. The maximum Gasteiger partial charge on any atom is 0.302 e. The van der Waals surface area contributed by atoms with E-state index >= 15 is 0 Å². The predicted molar refractivity (Wildman–Crippen MR) is 199 cm³/mol. The van der Waals surface area contributed by atoms with Crippen molar-refractivity contribution in [2.45, 2.75) is 44.7 Å². The van der Waals surface area contributed by atoms with Gasteiger partial charge in [0.2, 0.25) is 5.91 Å². The molecule has 4 aromatic rings. The maximum absolute atomic E-state index is 14.0. The van der Waals surface area contributed by atoms with Gasteiger partial charge in [0.05, 0.1) is 22.9 Å². The highest BCUT2D eigenvalue weighted by Crippen LogP contribution is 2.28. The van der Waals surface area contributed by atoms with Crippen LogP contribution in [0.15, 0.2) is 119 Å². The summed E-state index contributed by atoms with van der Waals surface area (Å²) in [5.74, 6) is -1.47. The first kappa shape index (κ1) is 38.3. The Labute approximate surface area is 299 Å². The zero-order valence-electron chi connectivity index (χ0n) is 29.2. The molecule has 1 aliphatic heterocycles. The molecule has 0 saturated heterocycles. The summed E-state index contributed by atoms with van der Waals surface area (Å²) >= 11 is 0. The number of amidine groups is 1. The molecule has 4 aromatic carbocycles. The maximum atomic E-state index is 14.0. The second-order valence-corrected chi connectivity index (χ2v) is 13.7. The van der Waals surface area contributed by atoms with Gasteiger partial charge in [-0.15, -0.1) is 5.10 Å². The summed E-state index contributed by atoms with van der Waals surface area (Å²) < 4.78 is 30.9. The third-order valence-corrected chi connectivity index (χ3v) is 9.41. The van der Waals surface area contributed by atoms with E-state index in [-0.39, 0.29) is 35.1 Å². The molecule has 1 aliphatic rings. The van der Waals surface area contributed by atoms with E-state index in [0.717, 1.165) is 23.7 Å². The molecule has 0 aromatic heterocycles. The standard InChI is InChI=1S/C34H33N5O6S.C4H11N/c1-24-14-20-30(21-15-24)46(43,44)23-9-22-45-29-18-16-26(17-19-29)31(41)35-32-34(36-25(2)40,37-27-10-5-3-6-11-27)33(42)39(38-32)28-12-7-4-8-13-28;1-3-5-4-2/h3-8,10-21,37H,9,22-23H2,1-2H3,(H,36,40)(H,35,38,41);5H,3-4H2,1-2H3. The molecule has 12 nitrogen and oxygen atoms in total. The molecule has 0 fully saturated rings. The van der Waals surface area contributed by atoms with Gasteiger partial charge >= 0.3 is 5.91 Å². The smallest absolute Gasteiger partial charge is 0.302 e. The van der Waals surface area contributed by atoms with Crippen LogP contribution in [0.3, 0.4) is 0 Å². The lowest BCUT2D eigenvalue weighted by Gasteiger charge is -2.31. The van der Waals surface area contributed by atoms with Crippen LogP contribution in [0.25, 0.3) is 0 Å². The number of hydrogen-bond acceptors (Lipinski definition) is 9. The molecule has 13 heteroatoms. The van der Waals surface area contributed by atoms with Gasteiger partial charge in [-0.3, -0.25) is 14.4 Å². The topological polar surface area (TPSA) is 158 Å². The molecule has 5 rings (SSSR count). The zero-order chi connectivity index (χ0) is 36.9. The number of carbonyl (C=O) groups excluding carboxylic acids is 3. The summed E-state index contributed by atoms with van der Waals surface area (Å²) in [4.78, 5) is 40.1. The first-order valence-electron chi connectivity index (χ1n) is 16.6. The van der Waals surface area contributed by atoms with Crippen LogP contribution in [0.5, 0.6) is 5.75 Å². The number of hydrogen-bond donors (Lipinski definition) is 4. The number of aryl methyl sites for hydroxylation is 1. The highest BCUT2D eigenvalue weighted by Gasteiger charge is 2.54. The number of amides is 3. The molecule has 0 saturated carbocycles. The van der Waals surface area contributed by atoms with Gasteiger partial charge < -0.3 is 26.0 Å². The fourth-order valence-corrected chi connectivity index (χ4v) is 6.32. The number of anilines is 2. The SMILES string of the molecule is CC(=O)NC1(Nc2ccccc2)C(=O)N(c2ccccc2)N=C1NC(=O)c1ccc(OCCCS(=O)(=O)c2ccc(C)cc2)cc1.CCNCC. The van der Waals surface area contributed by atoms with Gasteiger partial charge in [-0.05, 0) is 87.1 Å². The van der Waals surface area contributed by atoms with Crippen molar-refractivity contribution in [2.24, 2.45) is 5.10 Å². The highest BCUT2D eigenvalue weighted by molar-refractivity contribution is 7.91. The first-order chi connectivity index (χ1) is 24.5. The Hall–Kier alpha value is -5.53. The van der Waals surface area contributed by atoms with Crippen LogP contribution in [0.4, 0.5) is 11.4 Å². The van der Waals surface area contributed by atoms with Crippen LogP contribution in [-0.4, -0.2) is 63.1 Å². The van der Waals surface area contributed by atoms with Crippen molar-refractivity contribution in [3.63, 3.8) is 0 Å². The number of carbonyl (C=O) groups is 3. The molecule has 51 heavy (non-hydrogen) atoms. The Morgan fingerprint density at radius 2 is 1.45 bits per heavy atom. The minimum Gasteiger partial charge on any atom is -0.494 e. The van der Waals surface area contributed by atoms with E-state index in [1.54, 1.807) is 97.1 Å². The summed E-state index contributed by atoms with van der Waals surface area (Å²) in [6.45, 7) is 9.71. The van der Waals surface area contributed by atoms with Gasteiger partial charge in [0.25, 0.3) is 11.6 Å². The minimum absolute atomic E-state index is 0.0650. The Morgan fingerprint density at radius 3 is 2.02 bits per heavy atom. The Kier molecular flexibility index (Phi) is 13.5. The predicted octanol–water partition coefficient (Wildman–Crippen LogP) is 4.89. The van der Waals surface area contributed by atoms with Crippen LogP contribution in [0, 0.1) is 6.92 Å². The van der Waals surface area contributed by atoms with E-state index in [1.807, 2.05) is 6.92 Å². The second kappa shape index (κ2) is 17.9. The summed E-state index contributed by atoms with van der Waals surface area (Å²) in [6, 6.07) is 30.4. The van der Waals surface area contributed by atoms with E-state index in [1.165, 1.54) is 19.1 Å². The largest absolute Gasteiger partial charge is 0.494 e. The number of benzene rings is 4. The van der Waals surface area contributed by atoms with Crippen molar-refractivity contribution in [1.82, 2.24) is 16.0 Å². The van der Waals surface area contributed by atoms with Crippen LogP contribution in [0.1, 0.15) is 43.1 Å². The van der Waals surface area contributed by atoms with E-state index in [4.69, 9.17) is 4.74 Å². The fourth-order valence-electron chi connectivity index (χ4n) is 5.04. The van der Waals surface area contributed by atoms with Gasteiger partial charge in [-0.25, -0.2) is 8.42 Å².